The third kappa shape index (κ3) is 2.51. The van der Waals surface area contributed by atoms with Crippen LogP contribution in [0.15, 0.2) is 24.3 Å². The van der Waals surface area contributed by atoms with Gasteiger partial charge in [0.25, 0.3) is 0 Å². The Hall–Kier alpha value is -1.02. The van der Waals surface area contributed by atoms with E-state index in [4.69, 9.17) is 9.84 Å². The maximum atomic E-state index is 8.94. The number of aliphatic hydroxyl groups excluding tert-OH is 1. The third-order valence-electron chi connectivity index (χ3n) is 3.01. The van der Waals surface area contributed by atoms with E-state index in [2.05, 4.69) is 19.1 Å². The van der Waals surface area contributed by atoms with Crippen LogP contribution in [-0.4, -0.2) is 17.8 Å². The van der Waals surface area contributed by atoms with Gasteiger partial charge >= 0.3 is 0 Å². The molecule has 1 aromatic carbocycles. The first-order valence-electron chi connectivity index (χ1n) is 5.65. The van der Waals surface area contributed by atoms with Crippen LogP contribution in [-0.2, 0) is 6.42 Å². The molecule has 0 spiro atoms. The number of hydrogen-bond acceptors (Lipinski definition) is 2. The lowest BCUT2D eigenvalue weighted by Crippen LogP contribution is -2.15. The van der Waals surface area contributed by atoms with Crippen LogP contribution in [0.1, 0.15) is 25.3 Å². The molecule has 1 aromatic rings. The lowest BCUT2D eigenvalue weighted by molar-refractivity contribution is 0.183. The van der Waals surface area contributed by atoms with Crippen molar-refractivity contribution < 1.29 is 9.84 Å². The Balaban J connectivity index is 1.85. The summed E-state index contributed by atoms with van der Waals surface area (Å²) in [5, 5.41) is 8.94. The van der Waals surface area contributed by atoms with Gasteiger partial charge in [-0.3, -0.25) is 0 Å². The average molecular weight is 206 g/mol. The van der Waals surface area contributed by atoms with E-state index in [1.165, 1.54) is 5.56 Å². The highest BCUT2D eigenvalue weighted by Crippen LogP contribution is 2.30. The van der Waals surface area contributed by atoms with Gasteiger partial charge in [0.15, 0.2) is 0 Å². The number of ether oxygens (including phenoxy) is 1. The fourth-order valence-electron chi connectivity index (χ4n) is 1.98. The molecule has 2 unspecified atom stereocenters. The van der Waals surface area contributed by atoms with Crippen molar-refractivity contribution in [1.29, 1.82) is 0 Å². The summed E-state index contributed by atoms with van der Waals surface area (Å²) >= 11 is 0. The standard InChI is InChI=1S/C13H18O2/c1-10(9-14)6-7-12-8-11-4-2-3-5-13(11)15-12/h2-5,10,12,14H,6-9H2,1H3. The summed E-state index contributed by atoms with van der Waals surface area (Å²) in [5.74, 6) is 1.43. The maximum Gasteiger partial charge on any atom is 0.123 e. The van der Waals surface area contributed by atoms with E-state index < -0.39 is 0 Å². The first-order chi connectivity index (χ1) is 7.29. The van der Waals surface area contributed by atoms with Gasteiger partial charge in [-0.25, -0.2) is 0 Å². The maximum absolute atomic E-state index is 8.94. The van der Waals surface area contributed by atoms with Crippen molar-refractivity contribution >= 4 is 0 Å². The van der Waals surface area contributed by atoms with Crippen LogP contribution in [0.4, 0.5) is 0 Å². The minimum Gasteiger partial charge on any atom is -0.490 e. The molecule has 2 atom stereocenters. The molecule has 0 fully saturated rings. The van der Waals surface area contributed by atoms with Crippen LogP contribution < -0.4 is 4.74 Å². The second-order valence-electron chi connectivity index (χ2n) is 4.42. The van der Waals surface area contributed by atoms with E-state index in [-0.39, 0.29) is 6.61 Å². The van der Waals surface area contributed by atoms with Crippen LogP contribution in [0.3, 0.4) is 0 Å². The number of rotatable bonds is 4. The van der Waals surface area contributed by atoms with Crippen molar-refractivity contribution in [1.82, 2.24) is 0 Å². The number of hydrogen-bond donors (Lipinski definition) is 1. The topological polar surface area (TPSA) is 29.5 Å². The molecular weight excluding hydrogens is 188 g/mol. The minimum absolute atomic E-state index is 0.277. The molecule has 0 aromatic heterocycles. The lowest BCUT2D eigenvalue weighted by atomic mass is 10.0. The predicted molar refractivity (Wildman–Crippen MR) is 60.0 cm³/mol. The number of para-hydroxylation sites is 1. The minimum atomic E-state index is 0.277. The normalized spacial score (nSPS) is 20.8. The van der Waals surface area contributed by atoms with E-state index in [1.54, 1.807) is 0 Å². The molecule has 2 heteroatoms. The number of benzene rings is 1. The zero-order valence-electron chi connectivity index (χ0n) is 9.15. The molecule has 1 aliphatic rings. The summed E-state index contributed by atoms with van der Waals surface area (Å²) in [5.41, 5.74) is 1.32. The molecule has 1 aliphatic heterocycles. The van der Waals surface area contributed by atoms with Gasteiger partial charge in [0.05, 0.1) is 0 Å². The smallest absolute Gasteiger partial charge is 0.123 e. The SMILES string of the molecule is CC(CO)CCC1Cc2ccccc2O1. The van der Waals surface area contributed by atoms with Crippen molar-refractivity contribution in [2.24, 2.45) is 5.92 Å². The molecule has 0 aliphatic carbocycles. The molecule has 2 nitrogen and oxygen atoms in total. The second-order valence-corrected chi connectivity index (χ2v) is 4.42. The van der Waals surface area contributed by atoms with Gasteiger partial charge in [0.1, 0.15) is 11.9 Å². The Bertz CT molecular complexity index is 297. The Morgan fingerprint density at radius 3 is 3.00 bits per heavy atom. The van der Waals surface area contributed by atoms with Crippen LogP contribution in [0.25, 0.3) is 0 Å². The first-order valence-corrected chi connectivity index (χ1v) is 5.65. The van der Waals surface area contributed by atoms with Crippen molar-refractivity contribution in [3.05, 3.63) is 29.8 Å². The zero-order chi connectivity index (χ0) is 10.7. The van der Waals surface area contributed by atoms with Gasteiger partial charge in [0.2, 0.25) is 0 Å². The third-order valence-corrected chi connectivity index (χ3v) is 3.01. The van der Waals surface area contributed by atoms with Gasteiger partial charge in [-0.2, -0.15) is 0 Å². The molecule has 82 valence electrons. The molecule has 15 heavy (non-hydrogen) atoms. The molecule has 2 rings (SSSR count). The molecule has 1 N–H and O–H groups in total. The van der Waals surface area contributed by atoms with Crippen LogP contribution >= 0.6 is 0 Å². The summed E-state index contributed by atoms with van der Waals surface area (Å²) < 4.78 is 5.82. The molecule has 0 bridgehead atoms. The summed E-state index contributed by atoms with van der Waals surface area (Å²) in [6.07, 6.45) is 3.41. The summed E-state index contributed by atoms with van der Waals surface area (Å²) in [4.78, 5) is 0. The van der Waals surface area contributed by atoms with Crippen LogP contribution in [0.5, 0.6) is 5.75 Å². The Morgan fingerprint density at radius 1 is 1.47 bits per heavy atom. The quantitative estimate of drug-likeness (QED) is 0.819. The highest BCUT2D eigenvalue weighted by atomic mass is 16.5. The van der Waals surface area contributed by atoms with E-state index in [1.807, 2.05) is 12.1 Å². The van der Waals surface area contributed by atoms with Crippen molar-refractivity contribution in [2.75, 3.05) is 6.61 Å². The fraction of sp³-hybridized carbons (Fsp3) is 0.538. The first kappa shape index (κ1) is 10.5. The van der Waals surface area contributed by atoms with Gasteiger partial charge in [-0.1, -0.05) is 25.1 Å². The van der Waals surface area contributed by atoms with Crippen molar-refractivity contribution in [3.8, 4) is 5.75 Å². The Morgan fingerprint density at radius 2 is 2.27 bits per heavy atom. The highest BCUT2D eigenvalue weighted by molar-refractivity contribution is 5.37. The van der Waals surface area contributed by atoms with E-state index in [9.17, 15) is 0 Å². The van der Waals surface area contributed by atoms with E-state index in [0.717, 1.165) is 25.0 Å². The van der Waals surface area contributed by atoms with E-state index >= 15 is 0 Å². The summed E-state index contributed by atoms with van der Waals surface area (Å²) in [7, 11) is 0. The average Bonchev–Trinajstić information content (AvgIpc) is 2.68. The van der Waals surface area contributed by atoms with Crippen molar-refractivity contribution in [3.63, 3.8) is 0 Å². The monoisotopic (exact) mass is 206 g/mol. The lowest BCUT2D eigenvalue weighted by Gasteiger charge is -2.12. The van der Waals surface area contributed by atoms with Crippen LogP contribution in [0, 0.1) is 5.92 Å². The molecule has 0 saturated carbocycles. The Labute approximate surface area is 90.9 Å². The predicted octanol–water partition coefficient (Wildman–Crippen LogP) is 2.40. The van der Waals surface area contributed by atoms with Gasteiger partial charge < -0.3 is 9.84 Å². The van der Waals surface area contributed by atoms with Crippen LogP contribution in [0.2, 0.25) is 0 Å². The zero-order valence-corrected chi connectivity index (χ0v) is 9.15. The van der Waals surface area contributed by atoms with Gasteiger partial charge in [-0.05, 0) is 30.4 Å². The number of fused-ring (bicyclic) bond motifs is 1. The van der Waals surface area contributed by atoms with Gasteiger partial charge in [-0.15, -0.1) is 0 Å². The summed E-state index contributed by atoms with van der Waals surface area (Å²) in [6, 6.07) is 8.23. The molecule has 0 saturated heterocycles. The summed E-state index contributed by atoms with van der Waals surface area (Å²) in [6.45, 7) is 2.35. The molecule has 0 radical (unpaired) electrons. The number of aliphatic hydroxyl groups is 1. The van der Waals surface area contributed by atoms with Crippen molar-refractivity contribution in [2.45, 2.75) is 32.3 Å². The molecular formula is C13H18O2. The molecule has 1 heterocycles. The largest absolute Gasteiger partial charge is 0.490 e. The molecule has 0 amide bonds. The highest BCUT2D eigenvalue weighted by Gasteiger charge is 2.22. The fourth-order valence-corrected chi connectivity index (χ4v) is 1.98. The Kier molecular flexibility index (Phi) is 3.27. The second kappa shape index (κ2) is 4.67. The van der Waals surface area contributed by atoms with Gasteiger partial charge in [0, 0.05) is 13.0 Å². The van der Waals surface area contributed by atoms with E-state index in [0.29, 0.717) is 12.0 Å².